The van der Waals surface area contributed by atoms with Gasteiger partial charge in [0.2, 0.25) is 0 Å². The van der Waals surface area contributed by atoms with E-state index in [9.17, 15) is 0 Å². The van der Waals surface area contributed by atoms with Crippen molar-refractivity contribution in [3.05, 3.63) is 170 Å². The maximum atomic E-state index is 2.46. The molecular formula is C44H28N2S. The number of thiophene rings is 1. The lowest BCUT2D eigenvalue weighted by molar-refractivity contribution is 1.13. The molecule has 0 fully saturated rings. The number of fused-ring (bicyclic) bond motifs is 8. The Bertz CT molecular complexity index is 2760. The highest BCUT2D eigenvalue weighted by Crippen LogP contribution is 2.42. The van der Waals surface area contributed by atoms with Crippen LogP contribution in [-0.4, -0.2) is 9.13 Å². The minimum Gasteiger partial charge on any atom is -0.309 e. The zero-order chi connectivity index (χ0) is 30.9. The van der Waals surface area contributed by atoms with Crippen molar-refractivity contribution >= 4 is 64.2 Å². The summed E-state index contributed by atoms with van der Waals surface area (Å²) in [4.78, 5) is 0. The van der Waals surface area contributed by atoms with Crippen LogP contribution in [0, 0.1) is 0 Å². The molecule has 0 saturated heterocycles. The molecule has 47 heavy (non-hydrogen) atoms. The Morgan fingerprint density at radius 2 is 1.04 bits per heavy atom. The van der Waals surface area contributed by atoms with Gasteiger partial charge in [-0.1, -0.05) is 121 Å². The minimum absolute atomic E-state index is 1.16. The molecule has 7 aromatic carbocycles. The van der Waals surface area contributed by atoms with E-state index in [0.717, 1.165) is 11.4 Å². The van der Waals surface area contributed by atoms with Crippen molar-refractivity contribution in [2.45, 2.75) is 0 Å². The molecule has 0 N–H and O–H groups in total. The number of rotatable bonds is 4. The van der Waals surface area contributed by atoms with Gasteiger partial charge in [0.1, 0.15) is 0 Å². The van der Waals surface area contributed by atoms with E-state index < -0.39 is 0 Å². The third-order valence-electron chi connectivity index (χ3n) is 9.54. The normalized spacial score (nSPS) is 11.8. The largest absolute Gasteiger partial charge is 0.309 e. The first-order valence-corrected chi connectivity index (χ1v) is 16.8. The Hall–Kier alpha value is -5.90. The van der Waals surface area contributed by atoms with E-state index in [0.29, 0.717) is 0 Å². The van der Waals surface area contributed by atoms with Crippen molar-refractivity contribution in [1.29, 1.82) is 0 Å². The van der Waals surface area contributed by atoms with Crippen molar-refractivity contribution in [2.24, 2.45) is 0 Å². The zero-order valence-electron chi connectivity index (χ0n) is 25.5. The highest BCUT2D eigenvalue weighted by molar-refractivity contribution is 7.26. The van der Waals surface area contributed by atoms with Crippen molar-refractivity contribution in [2.75, 3.05) is 0 Å². The van der Waals surface area contributed by atoms with Crippen LogP contribution in [0.5, 0.6) is 0 Å². The summed E-state index contributed by atoms with van der Waals surface area (Å²) in [5, 5.41) is 6.42. The van der Waals surface area contributed by atoms with Crippen LogP contribution >= 0.6 is 11.3 Å². The molecule has 220 valence electrons. The van der Waals surface area contributed by atoms with Crippen molar-refractivity contribution in [3.8, 4) is 33.8 Å². The summed E-state index contributed by atoms with van der Waals surface area (Å²) in [6, 6.07) is 61.8. The van der Waals surface area contributed by atoms with Gasteiger partial charge in [-0.3, -0.25) is 0 Å². The molecule has 0 spiro atoms. The lowest BCUT2D eigenvalue weighted by atomic mass is 10.0. The Kier molecular flexibility index (Phi) is 5.78. The van der Waals surface area contributed by atoms with Gasteiger partial charge in [-0.15, -0.1) is 11.3 Å². The number of para-hydroxylation sites is 2. The molecule has 0 amide bonds. The molecule has 2 nitrogen and oxygen atoms in total. The van der Waals surface area contributed by atoms with Crippen molar-refractivity contribution < 1.29 is 0 Å². The third-order valence-corrected chi connectivity index (χ3v) is 10.8. The highest BCUT2D eigenvalue weighted by Gasteiger charge is 2.20. The maximum absolute atomic E-state index is 2.46. The summed E-state index contributed by atoms with van der Waals surface area (Å²) < 4.78 is 7.54. The summed E-state index contributed by atoms with van der Waals surface area (Å²) in [5.74, 6) is 0. The molecule has 0 unspecified atom stereocenters. The van der Waals surface area contributed by atoms with E-state index in [1.165, 1.54) is 75.3 Å². The molecule has 3 heterocycles. The topological polar surface area (TPSA) is 9.86 Å². The van der Waals surface area contributed by atoms with Gasteiger partial charge in [0.05, 0.1) is 22.2 Å². The molecule has 0 saturated carbocycles. The van der Waals surface area contributed by atoms with E-state index >= 15 is 0 Å². The fraction of sp³-hybridized carbons (Fsp3) is 0. The molecule has 10 aromatic rings. The van der Waals surface area contributed by atoms with Crippen LogP contribution in [0.25, 0.3) is 86.6 Å². The van der Waals surface area contributed by atoms with Crippen molar-refractivity contribution in [3.63, 3.8) is 0 Å². The first-order chi connectivity index (χ1) is 23.3. The smallest absolute Gasteiger partial charge is 0.0635 e. The van der Waals surface area contributed by atoms with Gasteiger partial charge in [0.15, 0.2) is 0 Å². The quantitative estimate of drug-likeness (QED) is 0.186. The van der Waals surface area contributed by atoms with Crippen LogP contribution in [0.1, 0.15) is 0 Å². The summed E-state index contributed by atoms with van der Waals surface area (Å²) >= 11 is 1.88. The van der Waals surface area contributed by atoms with E-state index in [4.69, 9.17) is 0 Å². The molecule has 3 aromatic heterocycles. The summed E-state index contributed by atoms with van der Waals surface area (Å²) in [6.07, 6.45) is 0. The van der Waals surface area contributed by atoms with Gasteiger partial charge in [-0.25, -0.2) is 0 Å². The molecule has 0 radical (unpaired) electrons. The van der Waals surface area contributed by atoms with Crippen LogP contribution in [-0.2, 0) is 0 Å². The Balaban J connectivity index is 1.22. The molecular weight excluding hydrogens is 589 g/mol. The van der Waals surface area contributed by atoms with Crippen LogP contribution < -0.4 is 0 Å². The van der Waals surface area contributed by atoms with Gasteiger partial charge in [0, 0.05) is 47.7 Å². The van der Waals surface area contributed by atoms with Crippen LogP contribution in [0.2, 0.25) is 0 Å². The molecule has 10 rings (SSSR count). The second-order valence-corrected chi connectivity index (χ2v) is 13.2. The second kappa shape index (κ2) is 10.3. The monoisotopic (exact) mass is 616 g/mol. The van der Waals surface area contributed by atoms with Gasteiger partial charge < -0.3 is 9.13 Å². The van der Waals surface area contributed by atoms with Gasteiger partial charge in [-0.05, 0) is 65.2 Å². The highest BCUT2D eigenvalue weighted by atomic mass is 32.1. The van der Waals surface area contributed by atoms with E-state index in [2.05, 4.69) is 179 Å². The Labute approximate surface area is 276 Å². The predicted molar refractivity (Wildman–Crippen MR) is 201 cm³/mol. The Morgan fingerprint density at radius 3 is 1.87 bits per heavy atom. The molecule has 0 aliphatic rings. The summed E-state index contributed by atoms with van der Waals surface area (Å²) in [6.45, 7) is 0. The molecule has 0 aliphatic carbocycles. The third kappa shape index (κ3) is 3.97. The lowest BCUT2D eigenvalue weighted by Gasteiger charge is -2.12. The van der Waals surface area contributed by atoms with Gasteiger partial charge in [-0.2, -0.15) is 0 Å². The number of hydrogen-bond donors (Lipinski definition) is 0. The first kappa shape index (κ1) is 26.3. The lowest BCUT2D eigenvalue weighted by Crippen LogP contribution is -1.97. The van der Waals surface area contributed by atoms with E-state index in [1.54, 1.807) is 0 Å². The minimum atomic E-state index is 1.16. The Morgan fingerprint density at radius 1 is 0.383 bits per heavy atom. The van der Waals surface area contributed by atoms with Crippen LogP contribution in [0.4, 0.5) is 0 Å². The van der Waals surface area contributed by atoms with Crippen LogP contribution in [0.3, 0.4) is 0 Å². The molecule has 3 heteroatoms. The van der Waals surface area contributed by atoms with Crippen molar-refractivity contribution in [1.82, 2.24) is 9.13 Å². The van der Waals surface area contributed by atoms with E-state index in [1.807, 2.05) is 11.3 Å². The zero-order valence-corrected chi connectivity index (χ0v) is 26.3. The molecule has 0 atom stereocenters. The van der Waals surface area contributed by atoms with Crippen LogP contribution in [0.15, 0.2) is 170 Å². The second-order valence-electron chi connectivity index (χ2n) is 12.1. The fourth-order valence-corrected chi connectivity index (χ4v) is 8.69. The number of nitrogens with zero attached hydrogens (tertiary/aromatic N) is 2. The van der Waals surface area contributed by atoms with Gasteiger partial charge in [0.25, 0.3) is 0 Å². The fourth-order valence-electron chi connectivity index (χ4n) is 7.45. The SMILES string of the molecule is c1ccc(-c2cc3c(ccc4c5ccccc5n(-c5ccc(-c6cccc7c6sc6ccccc67)cc5)c43)n2-c2ccccc2)cc1. The summed E-state index contributed by atoms with van der Waals surface area (Å²) in [7, 11) is 0. The van der Waals surface area contributed by atoms with E-state index in [-0.39, 0.29) is 0 Å². The number of aromatic nitrogens is 2. The standard InChI is InChI=1S/C44H28N2S/c1-3-12-30(13-4-1)41-28-38-40(45(41)31-14-5-2-6-15-31)27-26-36-34-16-7-9-20-39(34)46(43(36)38)32-24-22-29(23-25-32)33-18-11-19-37-35-17-8-10-21-42(35)47-44(33)37/h1-28H. The average molecular weight is 617 g/mol. The van der Waals surface area contributed by atoms with Gasteiger partial charge >= 0.3 is 0 Å². The predicted octanol–water partition coefficient (Wildman–Crippen LogP) is 12.4. The summed E-state index contributed by atoms with van der Waals surface area (Å²) in [5.41, 5.74) is 10.8. The molecule has 0 aliphatic heterocycles. The molecule has 0 bridgehead atoms. The number of benzene rings is 7. The average Bonchev–Trinajstić information content (AvgIpc) is 3.82. The number of hydrogen-bond acceptors (Lipinski definition) is 1. The first-order valence-electron chi connectivity index (χ1n) is 16.0. The maximum Gasteiger partial charge on any atom is 0.0635 e.